The molecule has 0 bridgehead atoms. The van der Waals surface area contributed by atoms with Gasteiger partial charge in [-0.05, 0) is 48.5 Å². The van der Waals surface area contributed by atoms with Crippen LogP contribution in [0.2, 0.25) is 10.0 Å². The van der Waals surface area contributed by atoms with E-state index in [9.17, 15) is 18.5 Å². The molecular formula is C20H13Cl2N3O4S. The number of amides is 1. The minimum absolute atomic E-state index is 0.0268. The summed E-state index contributed by atoms with van der Waals surface area (Å²) in [5.41, 5.74) is 0.651. The number of nitrogens with zero attached hydrogens (tertiary/aromatic N) is 1. The second kappa shape index (κ2) is 8.73. The van der Waals surface area contributed by atoms with Crippen LogP contribution in [0, 0.1) is 11.3 Å². The Labute approximate surface area is 182 Å². The molecule has 1 amide bonds. The Hall–Kier alpha value is -3.09. The van der Waals surface area contributed by atoms with Crippen LogP contribution >= 0.6 is 23.2 Å². The maximum absolute atomic E-state index is 12.4. The highest BCUT2D eigenvalue weighted by Gasteiger charge is 2.14. The van der Waals surface area contributed by atoms with Gasteiger partial charge in [0.25, 0.3) is 5.91 Å². The number of furan rings is 1. The summed E-state index contributed by atoms with van der Waals surface area (Å²) in [5, 5.41) is 17.4. The Bertz CT molecular complexity index is 1290. The molecule has 0 saturated heterocycles. The zero-order valence-corrected chi connectivity index (χ0v) is 17.4. The molecule has 0 aliphatic carbocycles. The number of carbonyl (C=O) groups excluding carboxylic acids is 1. The SMILES string of the molecule is N#C/C(=C\c1ccc(-c2ccc(S(N)(=O)=O)cc2)o1)C(=O)Nc1cccc(Cl)c1Cl. The number of nitrogens with one attached hydrogen (secondary N) is 1. The molecule has 30 heavy (non-hydrogen) atoms. The average Bonchev–Trinajstić information content (AvgIpc) is 3.17. The number of halogens is 2. The van der Waals surface area contributed by atoms with Crippen molar-refractivity contribution in [2.45, 2.75) is 4.90 Å². The predicted octanol–water partition coefficient (Wildman–Crippen LogP) is 4.45. The number of rotatable bonds is 5. The van der Waals surface area contributed by atoms with Crippen LogP contribution < -0.4 is 10.5 Å². The molecule has 0 saturated carbocycles. The quantitative estimate of drug-likeness (QED) is 0.428. The first-order valence-corrected chi connectivity index (χ1v) is 10.6. The molecule has 10 heteroatoms. The van der Waals surface area contributed by atoms with E-state index in [0.29, 0.717) is 11.3 Å². The van der Waals surface area contributed by atoms with Crippen LogP contribution in [0.3, 0.4) is 0 Å². The van der Waals surface area contributed by atoms with Crippen LogP contribution in [0.5, 0.6) is 0 Å². The molecule has 0 radical (unpaired) electrons. The van der Waals surface area contributed by atoms with Gasteiger partial charge < -0.3 is 9.73 Å². The number of hydrogen-bond donors (Lipinski definition) is 2. The molecule has 0 unspecified atom stereocenters. The molecule has 7 nitrogen and oxygen atoms in total. The van der Waals surface area contributed by atoms with Gasteiger partial charge in [-0.2, -0.15) is 5.26 Å². The Balaban J connectivity index is 1.82. The second-order valence-electron chi connectivity index (χ2n) is 6.00. The maximum atomic E-state index is 12.4. The number of sulfonamides is 1. The van der Waals surface area contributed by atoms with Crippen LogP contribution in [-0.4, -0.2) is 14.3 Å². The monoisotopic (exact) mass is 461 g/mol. The van der Waals surface area contributed by atoms with E-state index in [1.54, 1.807) is 30.3 Å². The van der Waals surface area contributed by atoms with Crippen molar-refractivity contribution >= 4 is 50.9 Å². The topological polar surface area (TPSA) is 126 Å². The summed E-state index contributed by atoms with van der Waals surface area (Å²) in [6, 6.07) is 15.5. The van der Waals surface area contributed by atoms with E-state index in [-0.39, 0.29) is 32.0 Å². The summed E-state index contributed by atoms with van der Waals surface area (Å²) in [7, 11) is -3.80. The van der Waals surface area contributed by atoms with E-state index in [0.717, 1.165) is 0 Å². The fourth-order valence-electron chi connectivity index (χ4n) is 2.48. The first-order valence-electron chi connectivity index (χ1n) is 8.29. The van der Waals surface area contributed by atoms with Gasteiger partial charge in [0.05, 0.1) is 20.6 Å². The second-order valence-corrected chi connectivity index (χ2v) is 8.34. The summed E-state index contributed by atoms with van der Waals surface area (Å²) in [6.45, 7) is 0. The van der Waals surface area contributed by atoms with Crippen LogP contribution in [0.25, 0.3) is 17.4 Å². The summed E-state index contributed by atoms with van der Waals surface area (Å²) in [6.07, 6.45) is 1.27. The molecule has 0 aliphatic heterocycles. The van der Waals surface area contributed by atoms with Gasteiger partial charge in [0.2, 0.25) is 10.0 Å². The zero-order chi connectivity index (χ0) is 21.9. The smallest absolute Gasteiger partial charge is 0.266 e. The van der Waals surface area contributed by atoms with Crippen LogP contribution in [0.1, 0.15) is 5.76 Å². The van der Waals surface area contributed by atoms with Gasteiger partial charge in [-0.15, -0.1) is 0 Å². The van der Waals surface area contributed by atoms with E-state index in [2.05, 4.69) is 5.32 Å². The van der Waals surface area contributed by atoms with Crippen LogP contribution in [-0.2, 0) is 14.8 Å². The van der Waals surface area contributed by atoms with Crippen LogP contribution in [0.4, 0.5) is 5.69 Å². The number of nitrogens with two attached hydrogens (primary N) is 1. The molecule has 1 heterocycles. The molecule has 3 aromatic rings. The fourth-order valence-corrected chi connectivity index (χ4v) is 3.34. The van der Waals surface area contributed by atoms with Crippen molar-refractivity contribution in [3.05, 3.63) is 76.0 Å². The van der Waals surface area contributed by atoms with Crippen molar-refractivity contribution in [2.75, 3.05) is 5.32 Å². The van der Waals surface area contributed by atoms with Crippen molar-refractivity contribution in [3.8, 4) is 17.4 Å². The lowest BCUT2D eigenvalue weighted by Crippen LogP contribution is -2.13. The van der Waals surface area contributed by atoms with E-state index in [4.69, 9.17) is 32.8 Å². The maximum Gasteiger partial charge on any atom is 0.266 e. The first-order chi connectivity index (χ1) is 14.2. The van der Waals surface area contributed by atoms with Gasteiger partial charge in [0.1, 0.15) is 23.2 Å². The van der Waals surface area contributed by atoms with Gasteiger partial charge in [0, 0.05) is 11.6 Å². The van der Waals surface area contributed by atoms with Crippen molar-refractivity contribution < 1.29 is 17.6 Å². The Kier molecular flexibility index (Phi) is 6.29. The Morgan fingerprint density at radius 3 is 2.43 bits per heavy atom. The molecule has 2 aromatic carbocycles. The molecule has 152 valence electrons. The predicted molar refractivity (Wildman–Crippen MR) is 114 cm³/mol. The number of nitriles is 1. The summed E-state index contributed by atoms with van der Waals surface area (Å²) in [4.78, 5) is 12.4. The van der Waals surface area contributed by atoms with E-state index in [1.807, 2.05) is 6.07 Å². The lowest BCUT2D eigenvalue weighted by Gasteiger charge is -2.07. The average molecular weight is 462 g/mol. The standard InChI is InChI=1S/C20H13Cl2N3O4S/c21-16-2-1-3-17(19(16)22)25-20(26)13(11-23)10-14-6-9-18(29-14)12-4-7-15(8-5-12)30(24,27)28/h1-10H,(H,25,26)(H2,24,27,28)/b13-10+. The summed E-state index contributed by atoms with van der Waals surface area (Å²) in [5.74, 6) is -0.0145. The van der Waals surface area contributed by atoms with E-state index >= 15 is 0 Å². The zero-order valence-electron chi connectivity index (χ0n) is 15.1. The largest absolute Gasteiger partial charge is 0.457 e. The number of carbonyl (C=O) groups is 1. The summed E-state index contributed by atoms with van der Waals surface area (Å²) >= 11 is 12.0. The lowest BCUT2D eigenvalue weighted by molar-refractivity contribution is -0.112. The van der Waals surface area contributed by atoms with Gasteiger partial charge in [-0.3, -0.25) is 4.79 Å². The normalized spacial score (nSPS) is 11.7. The number of hydrogen-bond acceptors (Lipinski definition) is 5. The van der Waals surface area contributed by atoms with Crippen LogP contribution in [0.15, 0.2) is 69.5 Å². The number of anilines is 1. The molecule has 0 aliphatic rings. The minimum Gasteiger partial charge on any atom is -0.457 e. The highest BCUT2D eigenvalue weighted by molar-refractivity contribution is 7.89. The van der Waals surface area contributed by atoms with Crippen molar-refractivity contribution in [3.63, 3.8) is 0 Å². The molecule has 0 spiro atoms. The van der Waals surface area contributed by atoms with Gasteiger partial charge >= 0.3 is 0 Å². The molecule has 3 rings (SSSR count). The third-order valence-corrected chi connectivity index (χ3v) is 5.69. The fraction of sp³-hybridized carbons (Fsp3) is 0. The molecule has 1 aromatic heterocycles. The molecule has 0 fully saturated rings. The van der Waals surface area contributed by atoms with Gasteiger partial charge in [-0.1, -0.05) is 29.3 Å². The van der Waals surface area contributed by atoms with E-state index in [1.165, 1.54) is 30.3 Å². The molecule has 0 atom stereocenters. The molecular weight excluding hydrogens is 449 g/mol. The summed E-state index contributed by atoms with van der Waals surface area (Å²) < 4.78 is 28.3. The van der Waals surface area contributed by atoms with E-state index < -0.39 is 15.9 Å². The number of primary sulfonamides is 1. The van der Waals surface area contributed by atoms with Gasteiger partial charge in [-0.25, -0.2) is 13.6 Å². The molecule has 3 N–H and O–H groups in total. The Morgan fingerprint density at radius 2 is 1.80 bits per heavy atom. The third kappa shape index (κ3) is 4.90. The highest BCUT2D eigenvalue weighted by atomic mass is 35.5. The highest BCUT2D eigenvalue weighted by Crippen LogP contribution is 2.30. The first kappa shape index (κ1) is 21.6. The minimum atomic E-state index is -3.80. The third-order valence-electron chi connectivity index (χ3n) is 3.95. The number of benzene rings is 2. The Morgan fingerprint density at radius 1 is 1.10 bits per heavy atom. The lowest BCUT2D eigenvalue weighted by atomic mass is 10.2. The van der Waals surface area contributed by atoms with Crippen molar-refractivity contribution in [2.24, 2.45) is 5.14 Å². The van der Waals surface area contributed by atoms with Crippen molar-refractivity contribution in [1.82, 2.24) is 0 Å². The van der Waals surface area contributed by atoms with Gasteiger partial charge in [0.15, 0.2) is 0 Å². The van der Waals surface area contributed by atoms with Crippen molar-refractivity contribution in [1.29, 1.82) is 5.26 Å².